The van der Waals surface area contributed by atoms with E-state index in [0.717, 1.165) is 38.8 Å². The van der Waals surface area contributed by atoms with Crippen LogP contribution in [0.2, 0.25) is 0 Å². The van der Waals surface area contributed by atoms with E-state index in [1.807, 2.05) is 4.90 Å². The minimum absolute atomic E-state index is 0. The number of piperidine rings is 1. The lowest BCUT2D eigenvalue weighted by Gasteiger charge is -2.32. The zero-order valence-electron chi connectivity index (χ0n) is 15.3. The van der Waals surface area contributed by atoms with Crippen LogP contribution in [0.4, 0.5) is 0 Å². The molecule has 1 heterocycles. The monoisotopic (exact) mass is 371 g/mol. The molecule has 6 heteroatoms. The molecule has 1 saturated heterocycles. The van der Waals surface area contributed by atoms with Gasteiger partial charge in [0, 0.05) is 38.1 Å². The molecule has 5 nitrogen and oxygen atoms in total. The number of hydrogen-bond acceptors (Lipinski definition) is 3. The Bertz CT molecular complexity index is 434. The number of carbonyl (C=O) groups excluding carboxylic acids is 2. The van der Waals surface area contributed by atoms with Gasteiger partial charge in [-0.3, -0.25) is 9.59 Å². The maximum atomic E-state index is 12.4. The number of rotatable bonds is 6. The van der Waals surface area contributed by atoms with E-state index in [9.17, 15) is 9.59 Å². The highest BCUT2D eigenvalue weighted by Gasteiger charge is 2.36. The molecule has 1 aliphatic heterocycles. The molecule has 3 aliphatic rings. The highest BCUT2D eigenvalue weighted by atomic mass is 35.5. The van der Waals surface area contributed by atoms with E-state index in [2.05, 4.69) is 10.6 Å². The molecular formula is C19H34ClN3O2. The summed E-state index contributed by atoms with van der Waals surface area (Å²) in [5.74, 6) is 0.656. The smallest absolute Gasteiger partial charge is 0.225 e. The summed E-state index contributed by atoms with van der Waals surface area (Å²) in [4.78, 5) is 26.5. The van der Waals surface area contributed by atoms with E-state index < -0.39 is 0 Å². The third-order valence-electron chi connectivity index (χ3n) is 5.74. The molecule has 3 rings (SSSR count). The molecule has 1 atom stereocenters. The predicted molar refractivity (Wildman–Crippen MR) is 102 cm³/mol. The lowest BCUT2D eigenvalue weighted by molar-refractivity contribution is -0.136. The van der Waals surface area contributed by atoms with Gasteiger partial charge < -0.3 is 15.5 Å². The number of carbonyl (C=O) groups is 2. The van der Waals surface area contributed by atoms with Crippen LogP contribution in [0, 0.1) is 11.8 Å². The first kappa shape index (κ1) is 20.5. The van der Waals surface area contributed by atoms with E-state index in [0.29, 0.717) is 19.1 Å². The topological polar surface area (TPSA) is 61.4 Å². The van der Waals surface area contributed by atoms with Crippen LogP contribution in [-0.4, -0.2) is 48.9 Å². The molecule has 2 amide bonds. The SMILES string of the molecule is Cl.O=C(NCCNC1CCCCCC1)C1CCCN(C(=O)C2CC2)C1. The van der Waals surface area contributed by atoms with Crippen molar-refractivity contribution in [3.05, 3.63) is 0 Å². The van der Waals surface area contributed by atoms with Crippen LogP contribution in [0.15, 0.2) is 0 Å². The van der Waals surface area contributed by atoms with Crippen molar-refractivity contribution < 1.29 is 9.59 Å². The number of likely N-dealkylation sites (tertiary alicyclic amines) is 1. The van der Waals surface area contributed by atoms with E-state index >= 15 is 0 Å². The summed E-state index contributed by atoms with van der Waals surface area (Å²) < 4.78 is 0. The van der Waals surface area contributed by atoms with Crippen LogP contribution in [0.25, 0.3) is 0 Å². The lowest BCUT2D eigenvalue weighted by Crippen LogP contribution is -2.47. The van der Waals surface area contributed by atoms with Crippen LogP contribution in [0.1, 0.15) is 64.2 Å². The number of nitrogens with one attached hydrogen (secondary N) is 2. The second kappa shape index (κ2) is 10.4. The summed E-state index contributed by atoms with van der Waals surface area (Å²) in [6.45, 7) is 3.01. The first-order valence-corrected chi connectivity index (χ1v) is 10.0. The molecule has 2 N–H and O–H groups in total. The average molecular weight is 372 g/mol. The Labute approximate surface area is 158 Å². The van der Waals surface area contributed by atoms with E-state index in [-0.39, 0.29) is 36.1 Å². The van der Waals surface area contributed by atoms with Gasteiger partial charge in [-0.2, -0.15) is 0 Å². The molecule has 2 saturated carbocycles. The van der Waals surface area contributed by atoms with Gasteiger partial charge in [-0.25, -0.2) is 0 Å². The quantitative estimate of drug-likeness (QED) is 0.557. The van der Waals surface area contributed by atoms with Gasteiger partial charge in [0.2, 0.25) is 11.8 Å². The first-order chi connectivity index (χ1) is 11.7. The summed E-state index contributed by atoms with van der Waals surface area (Å²) in [5, 5.41) is 6.66. The van der Waals surface area contributed by atoms with Crippen LogP contribution >= 0.6 is 12.4 Å². The second-order valence-electron chi connectivity index (χ2n) is 7.83. The molecule has 0 spiro atoms. The summed E-state index contributed by atoms with van der Waals surface area (Å²) in [7, 11) is 0. The van der Waals surface area contributed by atoms with Gasteiger partial charge >= 0.3 is 0 Å². The molecule has 3 fully saturated rings. The summed E-state index contributed by atoms with van der Waals surface area (Å²) in [6, 6.07) is 0.630. The Balaban J connectivity index is 0.00000225. The third-order valence-corrected chi connectivity index (χ3v) is 5.74. The minimum atomic E-state index is -0.0145. The molecule has 25 heavy (non-hydrogen) atoms. The van der Waals surface area contributed by atoms with Crippen molar-refractivity contribution in [3.63, 3.8) is 0 Å². The highest BCUT2D eigenvalue weighted by molar-refractivity contribution is 5.85. The Morgan fingerprint density at radius 3 is 2.24 bits per heavy atom. The van der Waals surface area contributed by atoms with Crippen molar-refractivity contribution in [2.24, 2.45) is 11.8 Å². The van der Waals surface area contributed by atoms with Gasteiger partial charge in [0.1, 0.15) is 0 Å². The lowest BCUT2D eigenvalue weighted by atomic mass is 9.96. The Morgan fingerprint density at radius 1 is 0.840 bits per heavy atom. The van der Waals surface area contributed by atoms with Crippen LogP contribution in [0.5, 0.6) is 0 Å². The van der Waals surface area contributed by atoms with Crippen molar-refractivity contribution in [2.45, 2.75) is 70.3 Å². The molecule has 2 aliphatic carbocycles. The maximum absolute atomic E-state index is 12.4. The van der Waals surface area contributed by atoms with E-state index in [1.165, 1.54) is 38.5 Å². The number of nitrogens with zero attached hydrogens (tertiary/aromatic N) is 1. The largest absolute Gasteiger partial charge is 0.355 e. The van der Waals surface area contributed by atoms with Crippen LogP contribution in [-0.2, 0) is 9.59 Å². The summed E-state index contributed by atoms with van der Waals surface area (Å²) in [6.07, 6.45) is 11.9. The Kier molecular flexibility index (Phi) is 8.50. The minimum Gasteiger partial charge on any atom is -0.355 e. The molecule has 1 unspecified atom stereocenters. The summed E-state index contributed by atoms with van der Waals surface area (Å²) >= 11 is 0. The van der Waals surface area contributed by atoms with Gasteiger partial charge in [0.05, 0.1) is 5.92 Å². The van der Waals surface area contributed by atoms with Gasteiger partial charge in [-0.15, -0.1) is 12.4 Å². The van der Waals surface area contributed by atoms with Crippen LogP contribution < -0.4 is 10.6 Å². The number of halogens is 1. The molecule has 144 valence electrons. The fraction of sp³-hybridized carbons (Fsp3) is 0.895. The molecule has 0 bridgehead atoms. The standard InChI is InChI=1S/C19H33N3O2.ClH/c23-18(21-12-11-20-17-7-3-1-2-4-8-17)16-6-5-13-22(14-16)19(24)15-9-10-15;/h15-17,20H,1-14H2,(H,21,23);1H. The highest BCUT2D eigenvalue weighted by Crippen LogP contribution is 2.32. The fourth-order valence-electron chi connectivity index (χ4n) is 4.07. The molecule has 0 aromatic carbocycles. The van der Waals surface area contributed by atoms with Crippen molar-refractivity contribution in [1.82, 2.24) is 15.5 Å². The molecule has 0 aromatic rings. The second-order valence-corrected chi connectivity index (χ2v) is 7.83. The third kappa shape index (κ3) is 6.45. The van der Waals surface area contributed by atoms with Crippen molar-refractivity contribution >= 4 is 24.2 Å². The molecular weight excluding hydrogens is 338 g/mol. The van der Waals surface area contributed by atoms with E-state index in [4.69, 9.17) is 0 Å². The van der Waals surface area contributed by atoms with Gasteiger partial charge in [-0.1, -0.05) is 25.7 Å². The van der Waals surface area contributed by atoms with Gasteiger partial charge in [0.25, 0.3) is 0 Å². The Morgan fingerprint density at radius 2 is 1.56 bits per heavy atom. The number of amides is 2. The van der Waals surface area contributed by atoms with Crippen molar-refractivity contribution in [1.29, 1.82) is 0 Å². The van der Waals surface area contributed by atoms with E-state index in [1.54, 1.807) is 0 Å². The predicted octanol–water partition coefficient (Wildman–Crippen LogP) is 2.49. The van der Waals surface area contributed by atoms with Crippen molar-refractivity contribution in [3.8, 4) is 0 Å². The summed E-state index contributed by atoms with van der Waals surface area (Å²) in [5.41, 5.74) is 0. The van der Waals surface area contributed by atoms with Gasteiger partial charge in [0.15, 0.2) is 0 Å². The average Bonchev–Trinajstić information content (AvgIpc) is 3.45. The zero-order chi connectivity index (χ0) is 16.8. The molecule has 0 radical (unpaired) electrons. The normalized spacial score (nSPS) is 25.0. The van der Waals surface area contributed by atoms with Crippen molar-refractivity contribution in [2.75, 3.05) is 26.2 Å². The Hall–Kier alpha value is -0.810. The number of hydrogen-bond donors (Lipinski definition) is 2. The fourth-order valence-corrected chi connectivity index (χ4v) is 4.07. The molecule has 0 aromatic heterocycles. The van der Waals surface area contributed by atoms with Crippen LogP contribution in [0.3, 0.4) is 0 Å². The zero-order valence-corrected chi connectivity index (χ0v) is 16.1. The maximum Gasteiger partial charge on any atom is 0.225 e. The van der Waals surface area contributed by atoms with Gasteiger partial charge in [-0.05, 0) is 38.5 Å². The first-order valence-electron chi connectivity index (χ1n) is 10.0.